The summed E-state index contributed by atoms with van der Waals surface area (Å²) < 4.78 is 0. The normalized spacial score (nSPS) is 11.8. The third-order valence-corrected chi connectivity index (χ3v) is 7.66. The van der Waals surface area contributed by atoms with Crippen molar-refractivity contribution in [2.75, 3.05) is 12.3 Å². The average molecular weight is 558 g/mol. The SMILES string of the molecule is CC(C)CNC(=O)[C@@H](Cc1ccccc1)N(Cc1c(Cl)cccc1Cl)C(=O)CCSCc1ccccc1. The lowest BCUT2D eigenvalue weighted by molar-refractivity contribution is -0.141. The minimum absolute atomic E-state index is 0.0998. The minimum Gasteiger partial charge on any atom is -0.354 e. The quantitative estimate of drug-likeness (QED) is 0.230. The molecule has 3 aromatic rings. The number of nitrogens with one attached hydrogen (secondary N) is 1. The van der Waals surface area contributed by atoms with Gasteiger partial charge in [-0.2, -0.15) is 11.8 Å². The molecular weight excluding hydrogens is 523 g/mol. The van der Waals surface area contributed by atoms with Gasteiger partial charge in [0.2, 0.25) is 11.8 Å². The summed E-state index contributed by atoms with van der Waals surface area (Å²) in [5, 5.41) is 3.99. The van der Waals surface area contributed by atoms with Crippen molar-refractivity contribution >= 4 is 46.8 Å². The maximum Gasteiger partial charge on any atom is 0.243 e. The van der Waals surface area contributed by atoms with Crippen molar-refractivity contribution in [2.24, 2.45) is 5.92 Å². The Labute approximate surface area is 234 Å². The summed E-state index contributed by atoms with van der Waals surface area (Å²) in [6, 6.07) is 24.5. The van der Waals surface area contributed by atoms with Crippen LogP contribution in [0.5, 0.6) is 0 Å². The first-order chi connectivity index (χ1) is 17.8. The van der Waals surface area contributed by atoms with Gasteiger partial charge in [0.15, 0.2) is 0 Å². The number of carbonyl (C=O) groups excluding carboxylic acids is 2. The molecule has 0 aliphatic rings. The van der Waals surface area contributed by atoms with E-state index in [-0.39, 0.29) is 24.3 Å². The van der Waals surface area contributed by atoms with E-state index in [0.717, 1.165) is 11.3 Å². The maximum absolute atomic E-state index is 13.7. The molecule has 0 aliphatic carbocycles. The van der Waals surface area contributed by atoms with Crippen molar-refractivity contribution in [3.05, 3.63) is 106 Å². The van der Waals surface area contributed by atoms with Crippen LogP contribution in [-0.4, -0.2) is 35.1 Å². The van der Waals surface area contributed by atoms with E-state index in [2.05, 4.69) is 17.4 Å². The highest BCUT2D eigenvalue weighted by atomic mass is 35.5. The predicted molar refractivity (Wildman–Crippen MR) is 156 cm³/mol. The standard InChI is InChI=1S/C30H34Cl2N2O2S/c1-22(2)19-33-30(36)28(18-23-10-5-3-6-11-23)34(20-25-26(31)14-9-15-27(25)32)29(35)16-17-37-21-24-12-7-4-8-13-24/h3-15,22,28H,16-21H2,1-2H3,(H,33,36)/t28-/m1/s1. The number of halogens is 2. The average Bonchev–Trinajstić information content (AvgIpc) is 2.89. The zero-order valence-corrected chi connectivity index (χ0v) is 23.7. The minimum atomic E-state index is -0.694. The zero-order chi connectivity index (χ0) is 26.6. The van der Waals surface area contributed by atoms with Gasteiger partial charge in [-0.3, -0.25) is 9.59 Å². The molecule has 0 spiro atoms. The molecule has 3 rings (SSSR count). The molecule has 2 amide bonds. The largest absolute Gasteiger partial charge is 0.354 e. The van der Waals surface area contributed by atoms with Crippen LogP contribution in [0.4, 0.5) is 0 Å². The Bertz CT molecular complexity index is 1120. The monoisotopic (exact) mass is 556 g/mol. The number of thioether (sulfide) groups is 1. The van der Waals surface area contributed by atoms with Crippen molar-refractivity contribution in [1.82, 2.24) is 10.2 Å². The van der Waals surface area contributed by atoms with Crippen LogP contribution in [0, 0.1) is 5.92 Å². The Morgan fingerprint density at radius 3 is 2.05 bits per heavy atom. The first-order valence-corrected chi connectivity index (χ1v) is 14.4. The van der Waals surface area contributed by atoms with Gasteiger partial charge in [0.25, 0.3) is 0 Å². The first-order valence-electron chi connectivity index (χ1n) is 12.5. The number of hydrogen-bond acceptors (Lipinski definition) is 3. The van der Waals surface area contributed by atoms with Gasteiger partial charge in [0.1, 0.15) is 6.04 Å². The second-order valence-corrected chi connectivity index (χ2v) is 11.3. The fourth-order valence-corrected chi connectivity index (χ4v) is 5.31. The number of rotatable bonds is 13. The molecule has 0 bridgehead atoms. The molecular formula is C30H34Cl2N2O2S. The second-order valence-electron chi connectivity index (χ2n) is 9.35. The van der Waals surface area contributed by atoms with E-state index in [1.807, 2.05) is 62.4 Å². The summed E-state index contributed by atoms with van der Waals surface area (Å²) in [6.45, 7) is 4.78. The van der Waals surface area contributed by atoms with Crippen molar-refractivity contribution in [3.8, 4) is 0 Å². The number of hydrogen-bond donors (Lipinski definition) is 1. The molecule has 0 heterocycles. The van der Waals surface area contributed by atoms with Gasteiger partial charge in [0, 0.05) is 53.0 Å². The maximum atomic E-state index is 13.7. The lowest BCUT2D eigenvalue weighted by Crippen LogP contribution is -2.51. The number of benzene rings is 3. The van der Waals surface area contributed by atoms with E-state index in [9.17, 15) is 9.59 Å². The van der Waals surface area contributed by atoms with Crippen LogP contribution in [-0.2, 0) is 28.3 Å². The van der Waals surface area contributed by atoms with Crippen LogP contribution in [0.15, 0.2) is 78.9 Å². The lowest BCUT2D eigenvalue weighted by atomic mass is 10.0. The van der Waals surface area contributed by atoms with Crippen LogP contribution in [0.1, 0.15) is 37.0 Å². The molecule has 0 unspecified atom stereocenters. The topological polar surface area (TPSA) is 49.4 Å². The fraction of sp³-hybridized carbons (Fsp3) is 0.333. The molecule has 0 fully saturated rings. The van der Waals surface area contributed by atoms with Crippen molar-refractivity contribution in [2.45, 2.75) is 45.0 Å². The van der Waals surface area contributed by atoms with E-state index < -0.39 is 6.04 Å². The summed E-state index contributed by atoms with van der Waals surface area (Å²) in [4.78, 5) is 28.9. The van der Waals surface area contributed by atoms with Crippen LogP contribution < -0.4 is 5.32 Å². The van der Waals surface area contributed by atoms with Gasteiger partial charge >= 0.3 is 0 Å². The Morgan fingerprint density at radius 1 is 0.865 bits per heavy atom. The van der Waals surface area contributed by atoms with Crippen molar-refractivity contribution < 1.29 is 9.59 Å². The smallest absolute Gasteiger partial charge is 0.243 e. The highest BCUT2D eigenvalue weighted by Crippen LogP contribution is 2.28. The van der Waals surface area contributed by atoms with Crippen molar-refractivity contribution in [3.63, 3.8) is 0 Å². The molecule has 7 heteroatoms. The lowest BCUT2D eigenvalue weighted by Gasteiger charge is -2.32. The Kier molecular flexibility index (Phi) is 11.8. The van der Waals surface area contributed by atoms with Gasteiger partial charge in [0.05, 0.1) is 0 Å². The second kappa shape index (κ2) is 15.1. The molecule has 1 N–H and O–H groups in total. The third-order valence-electron chi connectivity index (χ3n) is 5.92. The molecule has 0 saturated heterocycles. The van der Waals surface area contributed by atoms with Crippen LogP contribution >= 0.6 is 35.0 Å². The highest BCUT2D eigenvalue weighted by molar-refractivity contribution is 7.98. The van der Waals surface area contributed by atoms with E-state index in [0.29, 0.717) is 40.7 Å². The van der Waals surface area contributed by atoms with E-state index in [1.165, 1.54) is 5.56 Å². The zero-order valence-electron chi connectivity index (χ0n) is 21.3. The number of amides is 2. The molecule has 196 valence electrons. The summed E-state index contributed by atoms with van der Waals surface area (Å²) >= 11 is 14.7. The van der Waals surface area contributed by atoms with Gasteiger partial charge in [-0.15, -0.1) is 0 Å². The molecule has 0 saturated carbocycles. The molecule has 37 heavy (non-hydrogen) atoms. The molecule has 0 aromatic heterocycles. The Morgan fingerprint density at radius 2 is 1.46 bits per heavy atom. The third kappa shape index (κ3) is 9.41. The molecule has 3 aromatic carbocycles. The van der Waals surface area contributed by atoms with Crippen molar-refractivity contribution in [1.29, 1.82) is 0 Å². The van der Waals surface area contributed by atoms with E-state index in [1.54, 1.807) is 34.9 Å². The van der Waals surface area contributed by atoms with Crippen LogP contribution in [0.3, 0.4) is 0 Å². The van der Waals surface area contributed by atoms with Crippen LogP contribution in [0.2, 0.25) is 10.0 Å². The summed E-state index contributed by atoms with van der Waals surface area (Å²) in [5.74, 6) is 1.49. The van der Waals surface area contributed by atoms with E-state index in [4.69, 9.17) is 23.2 Å². The van der Waals surface area contributed by atoms with Gasteiger partial charge in [-0.25, -0.2) is 0 Å². The van der Waals surface area contributed by atoms with Crippen LogP contribution in [0.25, 0.3) is 0 Å². The summed E-state index contributed by atoms with van der Waals surface area (Å²) in [7, 11) is 0. The molecule has 0 radical (unpaired) electrons. The molecule has 1 atom stereocenters. The number of nitrogens with zero attached hydrogens (tertiary/aromatic N) is 1. The Hall–Kier alpha value is -2.47. The molecule has 4 nitrogen and oxygen atoms in total. The van der Waals surface area contributed by atoms with Gasteiger partial charge in [-0.05, 0) is 29.2 Å². The highest BCUT2D eigenvalue weighted by Gasteiger charge is 2.31. The summed E-state index contributed by atoms with van der Waals surface area (Å²) in [5.41, 5.74) is 2.84. The predicted octanol–water partition coefficient (Wildman–Crippen LogP) is 7.03. The number of carbonyl (C=O) groups is 2. The molecule has 0 aliphatic heterocycles. The van der Waals surface area contributed by atoms with Gasteiger partial charge in [-0.1, -0.05) is 104 Å². The van der Waals surface area contributed by atoms with E-state index >= 15 is 0 Å². The van der Waals surface area contributed by atoms with Gasteiger partial charge < -0.3 is 10.2 Å². The first kappa shape index (κ1) is 29.1. The summed E-state index contributed by atoms with van der Waals surface area (Å²) in [6.07, 6.45) is 0.706. The Balaban J connectivity index is 1.84. The fourth-order valence-electron chi connectivity index (χ4n) is 3.90.